The predicted octanol–water partition coefficient (Wildman–Crippen LogP) is 1.77. The topological polar surface area (TPSA) is 60.1 Å². The first-order valence-corrected chi connectivity index (χ1v) is 6.97. The molecule has 19 heavy (non-hydrogen) atoms. The summed E-state index contributed by atoms with van der Waals surface area (Å²) in [5, 5.41) is 3.53. The summed E-state index contributed by atoms with van der Waals surface area (Å²) in [5.74, 6) is 0.379. The van der Waals surface area contributed by atoms with Crippen molar-refractivity contribution in [3.05, 3.63) is 28.9 Å². The molecule has 1 aliphatic rings. The third kappa shape index (κ3) is 2.56. The summed E-state index contributed by atoms with van der Waals surface area (Å²) in [5.41, 5.74) is 1.22. The largest absolute Gasteiger partial charge is 0.421 e. The lowest BCUT2D eigenvalue weighted by Crippen LogP contribution is -2.37. The van der Waals surface area contributed by atoms with Crippen LogP contribution in [0, 0.1) is 5.92 Å². The molecule has 5 heteroatoms. The van der Waals surface area contributed by atoms with Gasteiger partial charge >= 0.3 is 5.76 Å². The Morgan fingerprint density at radius 3 is 3.16 bits per heavy atom. The van der Waals surface area contributed by atoms with E-state index < -0.39 is 0 Å². The zero-order valence-electron chi connectivity index (χ0n) is 11.1. The van der Waals surface area contributed by atoms with Crippen LogP contribution in [0.2, 0.25) is 0 Å². The highest BCUT2D eigenvalue weighted by molar-refractivity contribution is 5.67. The van der Waals surface area contributed by atoms with Gasteiger partial charge in [0.15, 0.2) is 11.2 Å². The Morgan fingerprint density at radius 2 is 2.42 bits per heavy atom. The maximum atomic E-state index is 11.9. The van der Waals surface area contributed by atoms with Crippen LogP contribution in [0.1, 0.15) is 26.2 Å². The van der Waals surface area contributed by atoms with E-state index in [0.717, 1.165) is 13.0 Å². The van der Waals surface area contributed by atoms with E-state index in [9.17, 15) is 4.79 Å². The molecule has 3 rings (SSSR count). The summed E-state index contributed by atoms with van der Waals surface area (Å²) in [6.07, 6.45) is 5.29. The monoisotopic (exact) mass is 261 g/mol. The molecule has 0 radical (unpaired) electrons. The summed E-state index contributed by atoms with van der Waals surface area (Å²) in [6.45, 7) is 3.78. The highest BCUT2D eigenvalue weighted by atomic mass is 16.4. The summed E-state index contributed by atoms with van der Waals surface area (Å²) in [4.78, 5) is 16.2. The Balaban J connectivity index is 1.86. The molecule has 1 atom stereocenters. The highest BCUT2D eigenvalue weighted by Crippen LogP contribution is 2.33. The van der Waals surface area contributed by atoms with Crippen molar-refractivity contribution >= 4 is 11.2 Å². The van der Waals surface area contributed by atoms with Crippen molar-refractivity contribution in [1.29, 1.82) is 0 Å². The van der Waals surface area contributed by atoms with Crippen LogP contribution in [0.5, 0.6) is 0 Å². The quantitative estimate of drug-likeness (QED) is 0.861. The third-order valence-electron chi connectivity index (χ3n) is 3.65. The van der Waals surface area contributed by atoms with Gasteiger partial charge in [-0.15, -0.1) is 0 Å². The molecule has 5 nitrogen and oxygen atoms in total. The second-order valence-corrected chi connectivity index (χ2v) is 5.20. The van der Waals surface area contributed by atoms with Crippen molar-refractivity contribution in [3.8, 4) is 0 Å². The number of hydrogen-bond donors (Lipinski definition) is 1. The molecule has 0 aliphatic heterocycles. The van der Waals surface area contributed by atoms with E-state index in [1.54, 1.807) is 22.9 Å². The molecule has 0 aromatic carbocycles. The van der Waals surface area contributed by atoms with Crippen molar-refractivity contribution in [2.24, 2.45) is 5.92 Å². The molecular weight excluding hydrogens is 242 g/mol. The van der Waals surface area contributed by atoms with E-state index in [4.69, 9.17) is 4.42 Å². The molecule has 1 saturated carbocycles. The van der Waals surface area contributed by atoms with E-state index in [1.165, 1.54) is 12.8 Å². The van der Waals surface area contributed by atoms with Crippen molar-refractivity contribution < 1.29 is 4.42 Å². The van der Waals surface area contributed by atoms with Crippen LogP contribution in [-0.4, -0.2) is 22.1 Å². The van der Waals surface area contributed by atoms with Gasteiger partial charge in [0.2, 0.25) is 0 Å². The van der Waals surface area contributed by atoms with Crippen LogP contribution >= 0.6 is 0 Å². The Labute approximate surface area is 111 Å². The van der Waals surface area contributed by atoms with Crippen molar-refractivity contribution in [3.63, 3.8) is 0 Å². The van der Waals surface area contributed by atoms with Crippen molar-refractivity contribution in [1.82, 2.24) is 14.9 Å². The van der Waals surface area contributed by atoms with E-state index in [-0.39, 0.29) is 5.76 Å². The van der Waals surface area contributed by atoms with E-state index in [2.05, 4.69) is 17.2 Å². The van der Waals surface area contributed by atoms with Gasteiger partial charge in [0, 0.05) is 18.8 Å². The van der Waals surface area contributed by atoms with Gasteiger partial charge in [-0.3, -0.25) is 4.57 Å². The summed E-state index contributed by atoms with van der Waals surface area (Å²) in [6, 6.07) is 3.91. The van der Waals surface area contributed by atoms with E-state index >= 15 is 0 Å². The number of hydrogen-bond acceptors (Lipinski definition) is 4. The SMILES string of the molecule is CCCNC(Cn1c(=O)oc2cccnc21)C1CC1. The lowest BCUT2D eigenvalue weighted by molar-refractivity contribution is 0.389. The molecule has 0 amide bonds. The maximum Gasteiger partial charge on any atom is 0.421 e. The Kier molecular flexibility index (Phi) is 3.38. The van der Waals surface area contributed by atoms with Gasteiger partial charge in [0.25, 0.3) is 0 Å². The van der Waals surface area contributed by atoms with E-state index in [1.807, 2.05) is 0 Å². The smallest absolute Gasteiger partial charge is 0.406 e. The molecule has 2 heterocycles. The maximum absolute atomic E-state index is 11.9. The minimum absolute atomic E-state index is 0.308. The normalized spacial score (nSPS) is 16.9. The molecule has 0 saturated heterocycles. The van der Waals surface area contributed by atoms with Crippen LogP contribution in [0.25, 0.3) is 11.2 Å². The lowest BCUT2D eigenvalue weighted by Gasteiger charge is -2.17. The number of pyridine rings is 1. The lowest BCUT2D eigenvalue weighted by atomic mass is 10.2. The van der Waals surface area contributed by atoms with Crippen molar-refractivity contribution in [2.45, 2.75) is 38.8 Å². The van der Waals surface area contributed by atoms with E-state index in [0.29, 0.717) is 29.7 Å². The summed E-state index contributed by atoms with van der Waals surface area (Å²) >= 11 is 0. The first-order chi connectivity index (χ1) is 9.29. The molecule has 2 aromatic rings. The zero-order chi connectivity index (χ0) is 13.2. The van der Waals surface area contributed by atoms with Crippen LogP contribution in [0.3, 0.4) is 0 Å². The van der Waals surface area contributed by atoms with Gasteiger partial charge in [0.05, 0.1) is 0 Å². The van der Waals surface area contributed by atoms with Crippen LogP contribution in [0.4, 0.5) is 0 Å². The summed E-state index contributed by atoms with van der Waals surface area (Å²) < 4.78 is 6.88. The number of rotatable bonds is 6. The van der Waals surface area contributed by atoms with Crippen LogP contribution in [0.15, 0.2) is 27.5 Å². The molecule has 102 valence electrons. The van der Waals surface area contributed by atoms with Gasteiger partial charge in [-0.2, -0.15) is 0 Å². The molecule has 1 unspecified atom stereocenters. The minimum atomic E-state index is -0.308. The predicted molar refractivity (Wildman–Crippen MR) is 73.1 cm³/mol. The molecule has 1 fully saturated rings. The number of oxazole rings is 1. The highest BCUT2D eigenvalue weighted by Gasteiger charge is 2.31. The van der Waals surface area contributed by atoms with Gasteiger partial charge in [0.1, 0.15) is 0 Å². The average molecular weight is 261 g/mol. The molecule has 2 aromatic heterocycles. The molecule has 1 N–H and O–H groups in total. The van der Waals surface area contributed by atoms with Crippen molar-refractivity contribution in [2.75, 3.05) is 6.54 Å². The van der Waals surface area contributed by atoms with Gasteiger partial charge in [-0.05, 0) is 43.9 Å². The average Bonchev–Trinajstić information content (AvgIpc) is 3.20. The third-order valence-corrected chi connectivity index (χ3v) is 3.65. The molecule has 0 bridgehead atoms. The Bertz CT molecular complexity index is 612. The fourth-order valence-electron chi connectivity index (χ4n) is 2.47. The fourth-order valence-corrected chi connectivity index (χ4v) is 2.47. The van der Waals surface area contributed by atoms with Crippen LogP contribution in [-0.2, 0) is 6.54 Å². The Hall–Kier alpha value is -1.62. The Morgan fingerprint density at radius 1 is 1.58 bits per heavy atom. The second kappa shape index (κ2) is 5.17. The molecular formula is C14H19N3O2. The first kappa shape index (κ1) is 12.4. The fraction of sp³-hybridized carbons (Fsp3) is 0.571. The van der Waals surface area contributed by atoms with Gasteiger partial charge in [-0.25, -0.2) is 9.78 Å². The second-order valence-electron chi connectivity index (χ2n) is 5.20. The molecule has 0 spiro atoms. The van der Waals surface area contributed by atoms with Gasteiger partial charge in [-0.1, -0.05) is 6.92 Å². The first-order valence-electron chi connectivity index (χ1n) is 6.97. The number of nitrogens with zero attached hydrogens (tertiary/aromatic N) is 2. The zero-order valence-corrected chi connectivity index (χ0v) is 11.1. The number of aromatic nitrogens is 2. The van der Waals surface area contributed by atoms with Gasteiger partial charge < -0.3 is 9.73 Å². The number of fused-ring (bicyclic) bond motifs is 1. The standard InChI is InChI=1S/C14H19N3O2/c1-2-7-15-11(10-5-6-10)9-17-13-12(19-14(17)18)4-3-8-16-13/h3-4,8,10-11,15H,2,5-7,9H2,1H3. The summed E-state index contributed by atoms with van der Waals surface area (Å²) in [7, 11) is 0. The number of nitrogens with one attached hydrogen (secondary N) is 1. The molecule has 1 aliphatic carbocycles. The van der Waals surface area contributed by atoms with Crippen LogP contribution < -0.4 is 11.1 Å². The minimum Gasteiger partial charge on any atom is -0.406 e.